The zero-order chi connectivity index (χ0) is 30.5. The number of anilines is 4. The first-order valence-electron chi connectivity index (χ1n) is 12.7. The van der Waals surface area contributed by atoms with Gasteiger partial charge in [0.2, 0.25) is 11.9 Å². The number of likely N-dealkylation sites (N-methyl/N-ethyl adjacent to an activating group) is 2. The summed E-state index contributed by atoms with van der Waals surface area (Å²) < 4.78 is 58.1. The smallest absolute Gasteiger partial charge is 0.397 e. The lowest BCUT2D eigenvalue weighted by Gasteiger charge is -2.36. The van der Waals surface area contributed by atoms with Crippen LogP contribution in [-0.4, -0.2) is 106 Å². The molecule has 1 aromatic heterocycles. The van der Waals surface area contributed by atoms with Crippen molar-refractivity contribution in [3.8, 4) is 0 Å². The fraction of sp³-hybridized carbons (Fsp3) is 0.407. The molecule has 3 rings (SSSR count). The number of nitrogens with two attached hydrogens (primary N) is 1. The van der Waals surface area contributed by atoms with E-state index in [0.29, 0.717) is 24.3 Å². The van der Waals surface area contributed by atoms with Crippen molar-refractivity contribution in [3.63, 3.8) is 0 Å². The molecular weight excluding hydrogens is 544 g/mol. The van der Waals surface area contributed by atoms with E-state index in [1.165, 1.54) is 18.2 Å². The highest BCUT2D eigenvalue weighted by molar-refractivity contribution is 5.88. The van der Waals surface area contributed by atoms with Gasteiger partial charge in [-0.1, -0.05) is 12.6 Å². The van der Waals surface area contributed by atoms with Crippen LogP contribution < -0.4 is 20.4 Å². The maximum absolute atomic E-state index is 14.7. The standard InChI is InChI=1S/C27H34F4N8O2/c1-6-23(41)38-12-14-39(15-13-38)25-18(21(17-40)33-26(34-25)36(4)11-10-35(2)3)16-22(27(29,30)31)37(5)24-19(28)8-7-9-20(24)32/h6-9,16-17H,1,10-15,32H2,2-5H3/b22-16-. The molecule has 0 saturated carbocycles. The van der Waals surface area contributed by atoms with Gasteiger partial charge in [-0.2, -0.15) is 18.2 Å². The van der Waals surface area contributed by atoms with E-state index in [0.717, 1.165) is 19.2 Å². The molecule has 0 spiro atoms. The van der Waals surface area contributed by atoms with Crippen molar-refractivity contribution in [3.05, 3.63) is 53.6 Å². The molecule has 1 amide bonds. The lowest BCUT2D eigenvalue weighted by Crippen LogP contribution is -2.49. The number of nitrogens with zero attached hydrogens (tertiary/aromatic N) is 7. The number of rotatable bonds is 10. The molecule has 14 heteroatoms. The van der Waals surface area contributed by atoms with E-state index in [-0.39, 0.29) is 60.8 Å². The number of para-hydroxylation sites is 1. The van der Waals surface area contributed by atoms with Crippen molar-refractivity contribution in [1.82, 2.24) is 19.8 Å². The highest BCUT2D eigenvalue weighted by atomic mass is 19.4. The number of benzene rings is 1. The summed E-state index contributed by atoms with van der Waals surface area (Å²) in [4.78, 5) is 40.7. The van der Waals surface area contributed by atoms with Gasteiger partial charge in [0.05, 0.1) is 5.69 Å². The molecular formula is C27H34F4N8O2. The first-order chi connectivity index (χ1) is 19.3. The fourth-order valence-corrected chi connectivity index (χ4v) is 4.33. The molecule has 10 nitrogen and oxygen atoms in total. The SMILES string of the molecule is C=CC(=O)N1CCN(c2nc(N(C)CCN(C)C)nc(C=O)c2/C=C(\N(C)c2c(N)cccc2F)C(F)(F)F)CC1. The number of allylic oxidation sites excluding steroid dienone is 1. The van der Waals surface area contributed by atoms with Crippen LogP contribution in [0.4, 0.5) is 40.7 Å². The van der Waals surface area contributed by atoms with Gasteiger partial charge >= 0.3 is 6.18 Å². The minimum absolute atomic E-state index is 0.0798. The summed E-state index contributed by atoms with van der Waals surface area (Å²) in [5, 5.41) is 0. The zero-order valence-electron chi connectivity index (χ0n) is 23.5. The largest absolute Gasteiger partial charge is 0.431 e. The number of hydrogen-bond acceptors (Lipinski definition) is 9. The van der Waals surface area contributed by atoms with Crippen LogP contribution >= 0.6 is 0 Å². The van der Waals surface area contributed by atoms with Crippen LogP contribution in [-0.2, 0) is 4.79 Å². The molecule has 0 bridgehead atoms. The van der Waals surface area contributed by atoms with E-state index in [2.05, 4.69) is 16.5 Å². The molecule has 0 aliphatic carbocycles. The van der Waals surface area contributed by atoms with Crippen LogP contribution in [0.2, 0.25) is 0 Å². The monoisotopic (exact) mass is 578 g/mol. The third kappa shape index (κ3) is 7.31. The van der Waals surface area contributed by atoms with Crippen molar-refractivity contribution in [2.75, 3.05) is 87.9 Å². The Bertz CT molecular complexity index is 1290. The van der Waals surface area contributed by atoms with Crippen LogP contribution in [0.15, 0.2) is 36.6 Å². The lowest BCUT2D eigenvalue weighted by molar-refractivity contribution is -0.126. The molecule has 0 radical (unpaired) electrons. The van der Waals surface area contributed by atoms with Crippen molar-refractivity contribution >= 4 is 41.4 Å². The number of carbonyl (C=O) groups is 2. The third-order valence-corrected chi connectivity index (χ3v) is 6.63. The summed E-state index contributed by atoms with van der Waals surface area (Å²) in [6.07, 6.45) is -2.69. The highest BCUT2D eigenvalue weighted by Gasteiger charge is 2.39. The number of aldehydes is 1. The van der Waals surface area contributed by atoms with Crippen LogP contribution in [0.1, 0.15) is 16.1 Å². The van der Waals surface area contributed by atoms with Crippen molar-refractivity contribution in [1.29, 1.82) is 0 Å². The summed E-state index contributed by atoms with van der Waals surface area (Å²) in [5.74, 6) is -0.994. The number of amides is 1. The van der Waals surface area contributed by atoms with Gasteiger partial charge in [0.25, 0.3) is 0 Å². The van der Waals surface area contributed by atoms with Crippen molar-refractivity contribution in [2.45, 2.75) is 6.18 Å². The predicted molar refractivity (Wildman–Crippen MR) is 151 cm³/mol. The first-order valence-corrected chi connectivity index (χ1v) is 12.7. The Kier molecular flexibility index (Phi) is 9.92. The van der Waals surface area contributed by atoms with E-state index in [9.17, 15) is 27.2 Å². The number of piperazine rings is 1. The van der Waals surface area contributed by atoms with Gasteiger partial charge in [-0.25, -0.2) is 9.37 Å². The van der Waals surface area contributed by atoms with Gasteiger partial charge in [-0.05, 0) is 38.4 Å². The van der Waals surface area contributed by atoms with Crippen molar-refractivity contribution in [2.24, 2.45) is 0 Å². The van der Waals surface area contributed by atoms with Gasteiger partial charge in [-0.3, -0.25) is 9.59 Å². The molecule has 1 fully saturated rings. The Labute approximate surface area is 236 Å². The maximum atomic E-state index is 14.7. The molecule has 0 unspecified atom stereocenters. The Morgan fingerprint density at radius 3 is 2.29 bits per heavy atom. The van der Waals surface area contributed by atoms with E-state index >= 15 is 0 Å². The molecule has 1 aromatic carbocycles. The zero-order valence-corrected chi connectivity index (χ0v) is 23.5. The molecule has 222 valence electrons. The Morgan fingerprint density at radius 1 is 1.10 bits per heavy atom. The van der Waals surface area contributed by atoms with E-state index < -0.39 is 23.4 Å². The van der Waals surface area contributed by atoms with Gasteiger partial charge < -0.3 is 30.2 Å². The van der Waals surface area contributed by atoms with Crippen molar-refractivity contribution < 1.29 is 27.2 Å². The second-order valence-corrected chi connectivity index (χ2v) is 9.77. The van der Waals surface area contributed by atoms with Crippen LogP contribution in [0.25, 0.3) is 6.08 Å². The second-order valence-electron chi connectivity index (χ2n) is 9.77. The average Bonchev–Trinajstić information content (AvgIpc) is 2.93. The molecule has 2 heterocycles. The predicted octanol–water partition coefficient (Wildman–Crippen LogP) is 2.88. The minimum atomic E-state index is -4.98. The van der Waals surface area contributed by atoms with E-state index in [1.54, 1.807) is 21.7 Å². The molecule has 2 aromatic rings. The number of aromatic nitrogens is 2. The summed E-state index contributed by atoms with van der Waals surface area (Å²) >= 11 is 0. The summed E-state index contributed by atoms with van der Waals surface area (Å²) in [6.45, 7) is 5.58. The molecule has 0 atom stereocenters. The molecule has 1 aliphatic rings. The van der Waals surface area contributed by atoms with Crippen LogP contribution in [0.5, 0.6) is 0 Å². The number of alkyl halides is 3. The average molecular weight is 579 g/mol. The van der Waals surface area contributed by atoms with E-state index in [1.807, 2.05) is 19.0 Å². The maximum Gasteiger partial charge on any atom is 0.431 e. The molecule has 41 heavy (non-hydrogen) atoms. The minimum Gasteiger partial charge on any atom is -0.397 e. The quantitative estimate of drug-likeness (QED) is 0.197. The number of nitrogen functional groups attached to an aromatic ring is 1. The molecule has 1 aliphatic heterocycles. The van der Waals surface area contributed by atoms with Gasteiger partial charge in [0.1, 0.15) is 28.7 Å². The van der Waals surface area contributed by atoms with Gasteiger partial charge in [0, 0.05) is 58.9 Å². The molecule has 1 saturated heterocycles. The summed E-state index contributed by atoms with van der Waals surface area (Å²) in [6, 6.07) is 3.58. The highest BCUT2D eigenvalue weighted by Crippen LogP contribution is 2.38. The van der Waals surface area contributed by atoms with Gasteiger partial charge in [-0.15, -0.1) is 0 Å². The topological polar surface area (TPSA) is 102 Å². The summed E-state index contributed by atoms with van der Waals surface area (Å²) in [5.41, 5.74) is 3.42. The molecule has 2 N–H and O–H groups in total. The summed E-state index contributed by atoms with van der Waals surface area (Å²) in [7, 11) is 6.51. The lowest BCUT2D eigenvalue weighted by atomic mass is 10.1. The van der Waals surface area contributed by atoms with Crippen LogP contribution in [0.3, 0.4) is 0 Å². The number of carbonyl (C=O) groups excluding carboxylic acids is 2. The fourth-order valence-electron chi connectivity index (χ4n) is 4.33. The third-order valence-electron chi connectivity index (χ3n) is 6.63. The Hall–Kier alpha value is -4.20. The Morgan fingerprint density at radius 2 is 1.76 bits per heavy atom. The second kappa shape index (κ2) is 13.0. The number of halogens is 4. The first kappa shape index (κ1) is 31.3. The Balaban J connectivity index is 2.20. The van der Waals surface area contributed by atoms with Gasteiger partial charge in [0.15, 0.2) is 6.29 Å². The normalized spacial score (nSPS) is 14.3. The van der Waals surface area contributed by atoms with Crippen LogP contribution in [0, 0.1) is 5.82 Å². The number of hydrogen-bond donors (Lipinski definition) is 1. The van der Waals surface area contributed by atoms with E-state index in [4.69, 9.17) is 5.73 Å².